The molecule has 6 nitrogen and oxygen atoms in total. The van der Waals surface area contributed by atoms with E-state index in [4.69, 9.17) is 4.74 Å². The standard InChI is InChI=1S/C18H21N3O3S/c1-4-13-11(2)19-18-21(17(13)23)12(10-25-18)9-16(22)20-14-7-5-6-8-15(14)24-3/h5-8,12H,4,9-10H2,1-3H3,(H,20,22). The molecule has 0 aliphatic carbocycles. The Bertz CT molecular complexity index is 863. The van der Waals surface area contributed by atoms with Crippen LogP contribution in [0.25, 0.3) is 0 Å². The Morgan fingerprint density at radius 1 is 1.44 bits per heavy atom. The first kappa shape index (κ1) is 17.5. The van der Waals surface area contributed by atoms with Gasteiger partial charge in [0.25, 0.3) is 5.56 Å². The Morgan fingerprint density at radius 3 is 2.92 bits per heavy atom. The molecule has 0 saturated heterocycles. The maximum absolute atomic E-state index is 12.7. The molecule has 25 heavy (non-hydrogen) atoms. The van der Waals surface area contributed by atoms with Gasteiger partial charge in [-0.2, -0.15) is 0 Å². The number of carbonyl (C=O) groups is 1. The van der Waals surface area contributed by atoms with Crippen molar-refractivity contribution in [2.24, 2.45) is 0 Å². The molecule has 0 bridgehead atoms. The molecule has 0 fully saturated rings. The topological polar surface area (TPSA) is 73.2 Å². The fraction of sp³-hybridized carbons (Fsp3) is 0.389. The summed E-state index contributed by atoms with van der Waals surface area (Å²) in [7, 11) is 1.56. The number of hydrogen-bond donors (Lipinski definition) is 1. The number of thioether (sulfide) groups is 1. The smallest absolute Gasteiger partial charge is 0.257 e. The molecule has 1 unspecified atom stereocenters. The lowest BCUT2D eigenvalue weighted by atomic mass is 10.1. The van der Waals surface area contributed by atoms with Crippen LogP contribution in [-0.2, 0) is 11.2 Å². The predicted octanol–water partition coefficient (Wildman–Crippen LogP) is 2.80. The Kier molecular flexibility index (Phi) is 5.13. The molecule has 0 spiro atoms. The zero-order chi connectivity index (χ0) is 18.0. The molecule has 1 aliphatic heterocycles. The Labute approximate surface area is 150 Å². The van der Waals surface area contributed by atoms with Gasteiger partial charge >= 0.3 is 0 Å². The van der Waals surface area contributed by atoms with Crippen LogP contribution >= 0.6 is 11.8 Å². The van der Waals surface area contributed by atoms with Crippen molar-refractivity contribution < 1.29 is 9.53 Å². The minimum atomic E-state index is -0.180. The number of aromatic nitrogens is 2. The van der Waals surface area contributed by atoms with E-state index in [-0.39, 0.29) is 23.9 Å². The second-order valence-corrected chi connectivity index (χ2v) is 6.89. The summed E-state index contributed by atoms with van der Waals surface area (Å²) in [4.78, 5) is 29.7. The SMILES string of the molecule is CCc1c(C)nc2n(c1=O)C(CC(=O)Nc1ccccc1OC)CS2. The highest BCUT2D eigenvalue weighted by Crippen LogP contribution is 2.33. The molecule has 2 aromatic rings. The number of rotatable bonds is 5. The third-order valence-electron chi connectivity index (χ3n) is 4.31. The van der Waals surface area contributed by atoms with E-state index in [1.54, 1.807) is 23.8 Å². The van der Waals surface area contributed by atoms with Crippen molar-refractivity contribution >= 4 is 23.4 Å². The highest BCUT2D eigenvalue weighted by Gasteiger charge is 2.29. The molecule has 0 radical (unpaired) electrons. The summed E-state index contributed by atoms with van der Waals surface area (Å²) in [6.45, 7) is 3.81. The monoisotopic (exact) mass is 359 g/mol. The summed E-state index contributed by atoms with van der Waals surface area (Å²) in [6.07, 6.45) is 0.870. The second-order valence-electron chi connectivity index (χ2n) is 5.90. The molecule has 132 valence electrons. The summed E-state index contributed by atoms with van der Waals surface area (Å²) in [6, 6.07) is 7.09. The van der Waals surface area contributed by atoms with Gasteiger partial charge in [-0.3, -0.25) is 14.2 Å². The fourth-order valence-electron chi connectivity index (χ4n) is 3.04. The molecule has 1 amide bonds. The molecule has 1 aromatic heterocycles. The first-order chi connectivity index (χ1) is 12.0. The molecule has 1 atom stereocenters. The highest BCUT2D eigenvalue weighted by atomic mass is 32.2. The van der Waals surface area contributed by atoms with Crippen molar-refractivity contribution in [2.75, 3.05) is 18.2 Å². The minimum absolute atomic E-state index is 0.0231. The third-order valence-corrected chi connectivity index (χ3v) is 5.41. The first-order valence-electron chi connectivity index (χ1n) is 8.22. The van der Waals surface area contributed by atoms with Gasteiger partial charge in [0.05, 0.1) is 18.8 Å². The van der Waals surface area contributed by atoms with Crippen LogP contribution in [0.5, 0.6) is 5.75 Å². The lowest BCUT2D eigenvalue weighted by Gasteiger charge is -2.16. The number of amides is 1. The van der Waals surface area contributed by atoms with E-state index in [0.29, 0.717) is 28.8 Å². The van der Waals surface area contributed by atoms with E-state index in [0.717, 1.165) is 11.3 Å². The molecule has 7 heteroatoms. The van der Waals surface area contributed by atoms with Crippen molar-refractivity contribution in [3.05, 3.63) is 45.9 Å². The van der Waals surface area contributed by atoms with Crippen LogP contribution in [0.1, 0.15) is 30.6 Å². The van der Waals surface area contributed by atoms with E-state index >= 15 is 0 Å². The number of ether oxygens (including phenoxy) is 1. The van der Waals surface area contributed by atoms with E-state index in [9.17, 15) is 9.59 Å². The van der Waals surface area contributed by atoms with Crippen LogP contribution in [0, 0.1) is 6.92 Å². The number of aryl methyl sites for hydroxylation is 1. The Hall–Kier alpha value is -2.28. The molecular weight excluding hydrogens is 338 g/mol. The van der Waals surface area contributed by atoms with Crippen molar-refractivity contribution in [3.8, 4) is 5.75 Å². The molecule has 1 N–H and O–H groups in total. The van der Waals surface area contributed by atoms with E-state index in [2.05, 4.69) is 10.3 Å². The van der Waals surface area contributed by atoms with Gasteiger partial charge in [-0.25, -0.2) is 4.98 Å². The summed E-state index contributed by atoms with van der Waals surface area (Å²) in [5, 5.41) is 3.57. The first-order valence-corrected chi connectivity index (χ1v) is 9.21. The van der Waals surface area contributed by atoms with Crippen molar-refractivity contribution in [3.63, 3.8) is 0 Å². The van der Waals surface area contributed by atoms with Gasteiger partial charge in [0.1, 0.15) is 5.75 Å². The predicted molar refractivity (Wildman–Crippen MR) is 98.6 cm³/mol. The number of para-hydroxylation sites is 2. The van der Waals surface area contributed by atoms with Gasteiger partial charge in [-0.15, -0.1) is 0 Å². The number of anilines is 1. The van der Waals surface area contributed by atoms with Crippen LogP contribution in [-0.4, -0.2) is 28.3 Å². The Morgan fingerprint density at radius 2 is 2.20 bits per heavy atom. The minimum Gasteiger partial charge on any atom is -0.495 e. The van der Waals surface area contributed by atoms with Crippen molar-refractivity contribution in [1.29, 1.82) is 0 Å². The molecule has 3 rings (SSSR count). The average Bonchev–Trinajstić information content (AvgIpc) is 2.98. The summed E-state index contributed by atoms with van der Waals surface area (Å²) >= 11 is 1.53. The molecule has 0 saturated carbocycles. The highest BCUT2D eigenvalue weighted by molar-refractivity contribution is 7.99. The largest absolute Gasteiger partial charge is 0.495 e. The number of nitrogens with zero attached hydrogens (tertiary/aromatic N) is 2. The van der Waals surface area contributed by atoms with Gasteiger partial charge in [0.15, 0.2) is 5.16 Å². The maximum Gasteiger partial charge on any atom is 0.257 e. The van der Waals surface area contributed by atoms with Crippen LogP contribution in [0.15, 0.2) is 34.2 Å². The van der Waals surface area contributed by atoms with Crippen LogP contribution in [0.3, 0.4) is 0 Å². The van der Waals surface area contributed by atoms with Gasteiger partial charge in [-0.05, 0) is 25.5 Å². The number of nitrogens with one attached hydrogen (secondary N) is 1. The van der Waals surface area contributed by atoms with Crippen molar-refractivity contribution in [2.45, 2.75) is 37.9 Å². The quantitative estimate of drug-likeness (QED) is 0.831. The molecule has 1 aromatic carbocycles. The van der Waals surface area contributed by atoms with Crippen LogP contribution in [0.2, 0.25) is 0 Å². The van der Waals surface area contributed by atoms with E-state index in [1.807, 2.05) is 26.0 Å². The number of fused-ring (bicyclic) bond motifs is 1. The van der Waals surface area contributed by atoms with Crippen molar-refractivity contribution in [1.82, 2.24) is 9.55 Å². The lowest BCUT2D eigenvalue weighted by Crippen LogP contribution is -2.30. The number of carbonyl (C=O) groups excluding carboxylic acids is 1. The maximum atomic E-state index is 12.7. The van der Waals surface area contributed by atoms with Gasteiger partial charge < -0.3 is 10.1 Å². The zero-order valence-electron chi connectivity index (χ0n) is 14.5. The Balaban J connectivity index is 1.80. The summed E-state index contributed by atoms with van der Waals surface area (Å²) in [5.41, 5.74) is 2.11. The zero-order valence-corrected chi connectivity index (χ0v) is 15.4. The molecule has 1 aliphatic rings. The van der Waals surface area contributed by atoms with E-state index in [1.165, 1.54) is 11.8 Å². The number of benzene rings is 1. The second kappa shape index (κ2) is 7.31. The molecule has 2 heterocycles. The van der Waals surface area contributed by atoms with Crippen LogP contribution < -0.4 is 15.6 Å². The van der Waals surface area contributed by atoms with Gasteiger partial charge in [0.2, 0.25) is 5.91 Å². The summed E-state index contributed by atoms with van der Waals surface area (Å²) in [5.74, 6) is 1.14. The van der Waals surface area contributed by atoms with Gasteiger partial charge in [-0.1, -0.05) is 30.8 Å². The third kappa shape index (κ3) is 3.42. The normalized spacial score (nSPS) is 15.7. The lowest BCUT2D eigenvalue weighted by molar-refractivity contribution is -0.116. The molecular formula is C18H21N3O3S. The van der Waals surface area contributed by atoms with Gasteiger partial charge in [0, 0.05) is 23.4 Å². The average molecular weight is 359 g/mol. The number of methoxy groups -OCH3 is 1. The fourth-order valence-corrected chi connectivity index (χ4v) is 4.22. The number of hydrogen-bond acceptors (Lipinski definition) is 5. The van der Waals surface area contributed by atoms with E-state index < -0.39 is 0 Å². The summed E-state index contributed by atoms with van der Waals surface area (Å²) < 4.78 is 6.93. The van der Waals surface area contributed by atoms with Crippen LogP contribution in [0.4, 0.5) is 5.69 Å².